The predicted molar refractivity (Wildman–Crippen MR) is 90.1 cm³/mol. The molecular weight excluding hydrogens is 401 g/mol. The Labute approximate surface area is 141 Å². The van der Waals surface area contributed by atoms with Gasteiger partial charge in [0.2, 0.25) is 0 Å². The van der Waals surface area contributed by atoms with Crippen LogP contribution in [0.3, 0.4) is 0 Å². The average molecular weight is 417 g/mol. The fourth-order valence-corrected chi connectivity index (χ4v) is 3.07. The zero-order chi connectivity index (χ0) is 15.4. The Balaban J connectivity index is 2.23. The Bertz CT molecular complexity index is 646. The van der Waals surface area contributed by atoms with E-state index < -0.39 is 0 Å². The van der Waals surface area contributed by atoms with Gasteiger partial charge in [-0.15, -0.1) is 0 Å². The van der Waals surface area contributed by atoms with E-state index in [4.69, 9.17) is 4.74 Å². The highest BCUT2D eigenvalue weighted by Gasteiger charge is 2.10. The molecule has 2 nitrogen and oxygen atoms in total. The largest absolute Gasteiger partial charge is 0.488 e. The minimum absolute atomic E-state index is 0.207. The van der Waals surface area contributed by atoms with Crippen molar-refractivity contribution >= 4 is 31.9 Å². The monoisotopic (exact) mass is 415 g/mol. The van der Waals surface area contributed by atoms with Crippen LogP contribution < -0.4 is 10.1 Å². The van der Waals surface area contributed by atoms with Crippen molar-refractivity contribution in [1.29, 1.82) is 0 Å². The van der Waals surface area contributed by atoms with Crippen LogP contribution in [0.2, 0.25) is 0 Å². The molecule has 0 bridgehead atoms. The lowest BCUT2D eigenvalue weighted by Gasteiger charge is -2.15. The van der Waals surface area contributed by atoms with Gasteiger partial charge in [-0.3, -0.25) is 0 Å². The molecule has 0 spiro atoms. The Morgan fingerprint density at radius 1 is 1.10 bits per heavy atom. The van der Waals surface area contributed by atoms with Crippen LogP contribution in [0.1, 0.15) is 16.7 Å². The van der Waals surface area contributed by atoms with E-state index in [1.54, 1.807) is 6.07 Å². The van der Waals surface area contributed by atoms with Crippen LogP contribution in [-0.2, 0) is 13.2 Å². The number of ether oxygens (including phenoxy) is 1. The molecule has 0 aromatic heterocycles. The number of aryl methyl sites for hydroxylation is 1. The van der Waals surface area contributed by atoms with Gasteiger partial charge in [0.1, 0.15) is 18.2 Å². The normalized spacial score (nSPS) is 10.7. The van der Waals surface area contributed by atoms with E-state index >= 15 is 0 Å². The van der Waals surface area contributed by atoms with Crippen LogP contribution in [-0.4, -0.2) is 7.05 Å². The van der Waals surface area contributed by atoms with Crippen LogP contribution in [0, 0.1) is 12.7 Å². The van der Waals surface area contributed by atoms with Crippen LogP contribution in [0.5, 0.6) is 5.75 Å². The quantitative estimate of drug-likeness (QED) is 0.743. The van der Waals surface area contributed by atoms with Gasteiger partial charge < -0.3 is 10.1 Å². The van der Waals surface area contributed by atoms with Crippen LogP contribution >= 0.6 is 31.9 Å². The van der Waals surface area contributed by atoms with Crippen molar-refractivity contribution in [2.24, 2.45) is 0 Å². The first-order valence-corrected chi connectivity index (χ1v) is 8.10. The molecule has 2 aromatic rings. The lowest BCUT2D eigenvalue weighted by Crippen LogP contribution is -2.09. The molecule has 0 saturated heterocycles. The third-order valence-corrected chi connectivity index (χ3v) is 4.02. The van der Waals surface area contributed by atoms with Crippen molar-refractivity contribution in [1.82, 2.24) is 5.32 Å². The van der Waals surface area contributed by atoms with Crippen LogP contribution in [0.25, 0.3) is 0 Å². The first kappa shape index (κ1) is 16.5. The molecule has 0 radical (unpaired) electrons. The minimum atomic E-state index is -0.269. The van der Waals surface area contributed by atoms with Crippen LogP contribution in [0.15, 0.2) is 39.3 Å². The van der Waals surface area contributed by atoms with Crippen molar-refractivity contribution in [2.45, 2.75) is 20.1 Å². The lowest BCUT2D eigenvalue weighted by atomic mass is 10.1. The smallest absolute Gasteiger partial charge is 0.130 e. The van der Waals surface area contributed by atoms with Crippen molar-refractivity contribution < 1.29 is 9.13 Å². The van der Waals surface area contributed by atoms with E-state index in [9.17, 15) is 4.39 Å². The third-order valence-electron chi connectivity index (χ3n) is 3.07. The topological polar surface area (TPSA) is 21.3 Å². The summed E-state index contributed by atoms with van der Waals surface area (Å²) in [5.41, 5.74) is 2.60. The summed E-state index contributed by atoms with van der Waals surface area (Å²) >= 11 is 6.73. The Morgan fingerprint density at radius 2 is 1.86 bits per heavy atom. The number of hydrogen-bond donors (Lipinski definition) is 1. The second kappa shape index (κ2) is 7.38. The summed E-state index contributed by atoms with van der Waals surface area (Å²) in [7, 11) is 1.88. The molecule has 0 aliphatic carbocycles. The fourth-order valence-electron chi connectivity index (χ4n) is 2.12. The molecule has 0 aliphatic rings. The number of halogens is 3. The van der Waals surface area contributed by atoms with Gasteiger partial charge in [-0.25, -0.2) is 4.39 Å². The summed E-state index contributed by atoms with van der Waals surface area (Å²) in [4.78, 5) is 0. The molecule has 0 saturated carbocycles. The van der Waals surface area contributed by atoms with Gasteiger partial charge in [-0.1, -0.05) is 37.9 Å². The molecule has 5 heteroatoms. The summed E-state index contributed by atoms with van der Waals surface area (Å²) in [6, 6.07) is 8.99. The van der Waals surface area contributed by atoms with Crippen molar-refractivity contribution in [3.8, 4) is 5.75 Å². The molecule has 0 aliphatic heterocycles. The third kappa shape index (κ3) is 4.28. The van der Waals surface area contributed by atoms with E-state index in [1.165, 1.54) is 6.07 Å². The van der Waals surface area contributed by atoms with E-state index in [0.717, 1.165) is 25.8 Å². The van der Waals surface area contributed by atoms with Crippen LogP contribution in [0.4, 0.5) is 4.39 Å². The maximum Gasteiger partial charge on any atom is 0.130 e. The lowest BCUT2D eigenvalue weighted by molar-refractivity contribution is 0.294. The molecule has 0 unspecified atom stereocenters. The van der Waals surface area contributed by atoms with Gasteiger partial charge in [-0.05, 0) is 43.8 Å². The second-order valence-corrected chi connectivity index (χ2v) is 6.60. The zero-order valence-corrected chi connectivity index (χ0v) is 15.0. The first-order chi connectivity index (χ1) is 10.0. The number of nitrogens with one attached hydrogen (secondary N) is 1. The predicted octanol–water partition coefficient (Wildman–Crippen LogP) is 4.96. The van der Waals surface area contributed by atoms with Gasteiger partial charge in [0, 0.05) is 26.6 Å². The maximum atomic E-state index is 13.8. The Kier molecular flexibility index (Phi) is 5.79. The standard InChI is InChI=1S/C16H16Br2FNO/c1-10-5-14(18)6-12(8-20-2)16(10)21-9-11-3-4-13(17)7-15(11)19/h3-7,20H,8-9H2,1-2H3. The molecule has 0 amide bonds. The summed E-state index contributed by atoms with van der Waals surface area (Å²) in [5, 5.41) is 3.11. The van der Waals surface area contributed by atoms with Gasteiger partial charge in [-0.2, -0.15) is 0 Å². The molecular formula is C16H16Br2FNO. The number of rotatable bonds is 5. The van der Waals surface area contributed by atoms with E-state index in [1.807, 2.05) is 32.2 Å². The van der Waals surface area contributed by atoms with Crippen molar-refractivity contribution in [2.75, 3.05) is 7.05 Å². The highest BCUT2D eigenvalue weighted by molar-refractivity contribution is 9.10. The van der Waals surface area contributed by atoms with Gasteiger partial charge in [0.15, 0.2) is 0 Å². The second-order valence-electron chi connectivity index (χ2n) is 4.77. The molecule has 2 aromatic carbocycles. The van der Waals surface area contributed by atoms with Gasteiger partial charge in [0.25, 0.3) is 0 Å². The highest BCUT2D eigenvalue weighted by atomic mass is 79.9. The molecule has 0 fully saturated rings. The summed E-state index contributed by atoms with van der Waals surface area (Å²) in [6.07, 6.45) is 0. The molecule has 2 rings (SSSR count). The maximum absolute atomic E-state index is 13.8. The highest BCUT2D eigenvalue weighted by Crippen LogP contribution is 2.29. The zero-order valence-electron chi connectivity index (χ0n) is 11.8. The van der Waals surface area contributed by atoms with Crippen molar-refractivity contribution in [3.63, 3.8) is 0 Å². The van der Waals surface area contributed by atoms with Crippen molar-refractivity contribution in [3.05, 3.63) is 61.8 Å². The van der Waals surface area contributed by atoms with E-state index in [2.05, 4.69) is 37.2 Å². The van der Waals surface area contributed by atoms with E-state index in [0.29, 0.717) is 12.1 Å². The summed E-state index contributed by atoms with van der Waals surface area (Å²) < 4.78 is 21.4. The Hall–Kier alpha value is -0.910. The molecule has 21 heavy (non-hydrogen) atoms. The minimum Gasteiger partial charge on any atom is -0.488 e. The SMILES string of the molecule is CNCc1cc(Br)cc(C)c1OCc1ccc(Br)cc1F. The molecule has 1 N–H and O–H groups in total. The first-order valence-electron chi connectivity index (χ1n) is 6.51. The number of benzene rings is 2. The average Bonchev–Trinajstić information content (AvgIpc) is 2.40. The Morgan fingerprint density at radius 3 is 2.52 bits per heavy atom. The summed E-state index contributed by atoms with van der Waals surface area (Å²) in [5.74, 6) is 0.532. The molecule has 112 valence electrons. The van der Waals surface area contributed by atoms with E-state index in [-0.39, 0.29) is 12.4 Å². The summed E-state index contributed by atoms with van der Waals surface area (Å²) in [6.45, 7) is 2.88. The van der Waals surface area contributed by atoms with Gasteiger partial charge in [0.05, 0.1) is 0 Å². The molecule has 0 heterocycles. The fraction of sp³-hybridized carbons (Fsp3) is 0.250. The number of hydrogen-bond acceptors (Lipinski definition) is 2. The molecule has 0 atom stereocenters. The van der Waals surface area contributed by atoms with Gasteiger partial charge >= 0.3 is 0 Å².